The van der Waals surface area contributed by atoms with E-state index in [2.05, 4.69) is 49.4 Å². The summed E-state index contributed by atoms with van der Waals surface area (Å²) in [5.41, 5.74) is 0. The van der Waals surface area contributed by atoms with E-state index >= 15 is 0 Å². The number of hydrogen-bond acceptors (Lipinski definition) is 0. The molecule has 0 unspecified atom stereocenters. The quantitative estimate of drug-likeness (QED) is 0.530. The molecule has 0 N–H and O–H groups in total. The molecule has 0 saturated heterocycles. The van der Waals surface area contributed by atoms with Crippen LogP contribution in [0.25, 0.3) is 0 Å². The summed E-state index contributed by atoms with van der Waals surface area (Å²) < 4.78 is 1.48. The molecule has 0 fully saturated rings. The average molecular weight is 211 g/mol. The second kappa shape index (κ2) is 5.17. The topological polar surface area (TPSA) is 0 Å². The molecule has 0 heterocycles. The van der Waals surface area contributed by atoms with E-state index in [1.165, 1.54) is 9.78 Å². The number of rotatable bonds is 3. The van der Waals surface area contributed by atoms with E-state index in [1.54, 1.807) is 0 Å². The summed E-state index contributed by atoms with van der Waals surface area (Å²) in [5, 5.41) is 1.22. The maximum atomic E-state index is 2.23. The Bertz CT molecular complexity index is 214. The third-order valence-corrected chi connectivity index (χ3v) is 3.35. The molecule has 1 heteroatoms. The van der Waals surface area contributed by atoms with Gasteiger partial charge in [0, 0.05) is 0 Å². The monoisotopic (exact) mass is 212 g/mol. The molecule has 0 atom stereocenters. The van der Waals surface area contributed by atoms with Gasteiger partial charge in [0.15, 0.2) is 0 Å². The molecule has 1 aromatic rings. The fourth-order valence-electron chi connectivity index (χ4n) is 0.757. The first-order valence-electron chi connectivity index (χ1n) is 3.72. The van der Waals surface area contributed by atoms with Gasteiger partial charge in [0.25, 0.3) is 0 Å². The summed E-state index contributed by atoms with van der Waals surface area (Å²) >= 11 is 0.633. The Labute approximate surface area is 74.5 Å². The molecule has 0 aliphatic carbocycles. The molecular formula is C10H12Se. The molecule has 11 heavy (non-hydrogen) atoms. The van der Waals surface area contributed by atoms with Gasteiger partial charge >= 0.3 is 74.1 Å². The molecule has 0 bridgehead atoms. The Kier molecular flexibility index (Phi) is 4.03. The van der Waals surface area contributed by atoms with E-state index in [9.17, 15) is 0 Å². The van der Waals surface area contributed by atoms with Crippen LogP contribution in [-0.2, 0) is 0 Å². The Morgan fingerprint density at radius 3 is 2.64 bits per heavy atom. The van der Waals surface area contributed by atoms with Crippen LogP contribution in [0.1, 0.15) is 6.92 Å². The van der Waals surface area contributed by atoms with Crippen molar-refractivity contribution in [2.24, 2.45) is 0 Å². The van der Waals surface area contributed by atoms with Gasteiger partial charge in [-0.3, -0.25) is 0 Å². The van der Waals surface area contributed by atoms with Crippen LogP contribution in [-0.4, -0.2) is 15.0 Å². The van der Waals surface area contributed by atoms with Gasteiger partial charge in [-0.1, -0.05) is 0 Å². The fraction of sp³-hybridized carbons (Fsp3) is 0.200. The molecule has 0 saturated carbocycles. The van der Waals surface area contributed by atoms with Crippen molar-refractivity contribution in [3.8, 4) is 0 Å². The van der Waals surface area contributed by atoms with Gasteiger partial charge in [-0.25, -0.2) is 0 Å². The molecule has 0 aliphatic rings. The van der Waals surface area contributed by atoms with Crippen molar-refractivity contribution in [1.29, 1.82) is 0 Å². The normalized spacial score (nSPS) is 10.6. The molecule has 1 rings (SSSR count). The van der Waals surface area contributed by atoms with E-state index in [1.807, 2.05) is 0 Å². The molecule has 0 aliphatic heterocycles. The van der Waals surface area contributed by atoms with Crippen LogP contribution in [0, 0.1) is 0 Å². The second-order valence-electron chi connectivity index (χ2n) is 2.19. The van der Waals surface area contributed by atoms with Crippen molar-refractivity contribution in [3.05, 3.63) is 42.5 Å². The van der Waals surface area contributed by atoms with Crippen LogP contribution in [0.5, 0.6) is 0 Å². The van der Waals surface area contributed by atoms with Gasteiger partial charge in [-0.05, 0) is 0 Å². The predicted molar refractivity (Wildman–Crippen MR) is 51.5 cm³/mol. The zero-order valence-electron chi connectivity index (χ0n) is 6.66. The van der Waals surface area contributed by atoms with Crippen molar-refractivity contribution < 1.29 is 0 Å². The van der Waals surface area contributed by atoms with Crippen molar-refractivity contribution in [2.75, 3.05) is 0 Å². The molecule has 0 radical (unpaired) electrons. The minimum absolute atomic E-state index is 0.633. The summed E-state index contributed by atoms with van der Waals surface area (Å²) in [4.78, 5) is 0. The van der Waals surface area contributed by atoms with E-state index in [0.29, 0.717) is 15.0 Å². The van der Waals surface area contributed by atoms with Crippen LogP contribution in [0.3, 0.4) is 0 Å². The summed E-state index contributed by atoms with van der Waals surface area (Å²) in [6, 6.07) is 10.7. The summed E-state index contributed by atoms with van der Waals surface area (Å²) in [6.45, 7) is 2.07. The van der Waals surface area contributed by atoms with Crippen molar-refractivity contribution >= 4 is 19.4 Å². The van der Waals surface area contributed by atoms with Gasteiger partial charge < -0.3 is 0 Å². The second-order valence-corrected chi connectivity index (χ2v) is 4.49. The first-order valence-corrected chi connectivity index (χ1v) is 5.79. The zero-order chi connectivity index (χ0) is 7.94. The third-order valence-electron chi connectivity index (χ3n) is 1.33. The fourth-order valence-corrected chi connectivity index (χ4v) is 2.50. The number of benzene rings is 1. The predicted octanol–water partition coefficient (Wildman–Crippen LogP) is 2.01. The van der Waals surface area contributed by atoms with Crippen LogP contribution in [0.4, 0.5) is 0 Å². The van der Waals surface area contributed by atoms with Crippen molar-refractivity contribution in [3.63, 3.8) is 0 Å². The Morgan fingerprint density at radius 1 is 1.27 bits per heavy atom. The van der Waals surface area contributed by atoms with E-state index in [4.69, 9.17) is 0 Å². The van der Waals surface area contributed by atoms with Crippen LogP contribution >= 0.6 is 0 Å². The number of hydrogen-bond donors (Lipinski definition) is 0. The first kappa shape index (κ1) is 8.57. The Hall–Kier alpha value is -0.521. The Morgan fingerprint density at radius 2 is 2.00 bits per heavy atom. The summed E-state index contributed by atoms with van der Waals surface area (Å²) in [6.07, 6.45) is 4.34. The molecule has 58 valence electrons. The van der Waals surface area contributed by atoms with Crippen molar-refractivity contribution in [2.45, 2.75) is 12.2 Å². The van der Waals surface area contributed by atoms with Gasteiger partial charge in [-0.15, -0.1) is 0 Å². The van der Waals surface area contributed by atoms with Crippen LogP contribution in [0.15, 0.2) is 42.5 Å². The standard InChI is InChI=1S/C10H12Se/c1-2-3-9-11-10-7-5-4-6-8-10/h2-8H,9H2,1H3. The average Bonchev–Trinajstić information content (AvgIpc) is 2.07. The first-order chi connectivity index (χ1) is 5.43. The molecule has 0 nitrogen and oxygen atoms in total. The van der Waals surface area contributed by atoms with Gasteiger partial charge in [0.1, 0.15) is 0 Å². The van der Waals surface area contributed by atoms with Gasteiger partial charge in [0.05, 0.1) is 0 Å². The van der Waals surface area contributed by atoms with Gasteiger partial charge in [-0.2, -0.15) is 0 Å². The third kappa shape index (κ3) is 3.41. The van der Waals surface area contributed by atoms with Crippen molar-refractivity contribution in [1.82, 2.24) is 0 Å². The maximum absolute atomic E-state index is 2.23. The van der Waals surface area contributed by atoms with E-state index < -0.39 is 0 Å². The molecule has 0 amide bonds. The van der Waals surface area contributed by atoms with E-state index in [-0.39, 0.29) is 0 Å². The minimum atomic E-state index is 0.633. The summed E-state index contributed by atoms with van der Waals surface area (Å²) in [7, 11) is 0. The van der Waals surface area contributed by atoms with Gasteiger partial charge in [0.2, 0.25) is 0 Å². The van der Waals surface area contributed by atoms with Crippen LogP contribution in [0.2, 0.25) is 5.32 Å². The number of allylic oxidation sites excluding steroid dienone is 2. The molecular weight excluding hydrogens is 199 g/mol. The SMILES string of the molecule is CC=CC[Se]c1ccccc1. The molecule has 0 spiro atoms. The Balaban J connectivity index is 2.39. The zero-order valence-corrected chi connectivity index (χ0v) is 8.37. The molecule has 0 aromatic heterocycles. The van der Waals surface area contributed by atoms with Crippen LogP contribution < -0.4 is 4.46 Å². The molecule has 1 aromatic carbocycles. The van der Waals surface area contributed by atoms with E-state index in [0.717, 1.165) is 0 Å². The summed E-state index contributed by atoms with van der Waals surface area (Å²) in [5.74, 6) is 0.